The summed E-state index contributed by atoms with van der Waals surface area (Å²) in [6.45, 7) is 1.67. The van der Waals surface area contributed by atoms with Gasteiger partial charge >= 0.3 is 0 Å². The molecule has 1 aliphatic rings. The third-order valence-corrected chi connectivity index (χ3v) is 4.49. The fourth-order valence-electron chi connectivity index (χ4n) is 2.11. The van der Waals surface area contributed by atoms with Gasteiger partial charge in [-0.05, 0) is 38.0 Å². The van der Waals surface area contributed by atoms with E-state index in [2.05, 4.69) is 4.72 Å². The zero-order valence-electron chi connectivity index (χ0n) is 9.92. The molecule has 1 aromatic carbocycles. The van der Waals surface area contributed by atoms with E-state index in [9.17, 15) is 13.5 Å². The molecule has 0 heterocycles. The van der Waals surface area contributed by atoms with E-state index in [1.165, 1.54) is 18.2 Å². The first kappa shape index (κ1) is 13.0. The molecule has 0 bridgehead atoms. The van der Waals surface area contributed by atoms with E-state index in [0.29, 0.717) is 18.4 Å². The zero-order chi connectivity index (χ0) is 13.4. The van der Waals surface area contributed by atoms with Crippen LogP contribution in [0.1, 0.15) is 25.3 Å². The van der Waals surface area contributed by atoms with Crippen LogP contribution in [-0.2, 0) is 10.0 Å². The summed E-state index contributed by atoms with van der Waals surface area (Å²) >= 11 is 0. The van der Waals surface area contributed by atoms with E-state index in [0.717, 1.165) is 0 Å². The number of aliphatic hydroxyl groups is 1. The summed E-state index contributed by atoms with van der Waals surface area (Å²) < 4.78 is 26.5. The summed E-state index contributed by atoms with van der Waals surface area (Å²) in [5.41, 5.74) is -0.472. The molecule has 0 amide bonds. The Morgan fingerprint density at radius 3 is 2.72 bits per heavy atom. The van der Waals surface area contributed by atoms with E-state index in [1.807, 2.05) is 6.07 Å². The quantitative estimate of drug-likeness (QED) is 0.844. The van der Waals surface area contributed by atoms with Crippen molar-refractivity contribution < 1.29 is 13.5 Å². The summed E-state index contributed by atoms with van der Waals surface area (Å²) in [6.07, 6.45) is 0.814. The van der Waals surface area contributed by atoms with Crippen LogP contribution in [0.5, 0.6) is 0 Å². The van der Waals surface area contributed by atoms with E-state index < -0.39 is 15.6 Å². The lowest BCUT2D eigenvalue weighted by atomic mass is 9.78. The van der Waals surface area contributed by atoms with E-state index in [4.69, 9.17) is 5.26 Å². The Morgan fingerprint density at radius 2 is 2.17 bits per heavy atom. The van der Waals surface area contributed by atoms with Gasteiger partial charge in [-0.1, -0.05) is 6.07 Å². The van der Waals surface area contributed by atoms with Crippen molar-refractivity contribution >= 4 is 10.0 Å². The Bertz CT molecular complexity index is 594. The molecule has 0 unspecified atom stereocenters. The Labute approximate surface area is 106 Å². The van der Waals surface area contributed by atoms with Crippen LogP contribution in [0.25, 0.3) is 0 Å². The number of sulfonamides is 1. The average Bonchev–Trinajstić information content (AvgIpc) is 2.26. The van der Waals surface area contributed by atoms with Crippen LogP contribution in [-0.4, -0.2) is 25.2 Å². The minimum Gasteiger partial charge on any atom is -0.390 e. The van der Waals surface area contributed by atoms with Crippen molar-refractivity contribution in [2.24, 2.45) is 0 Å². The normalized spacial score (nSPS) is 27.3. The predicted molar refractivity (Wildman–Crippen MR) is 65.1 cm³/mol. The van der Waals surface area contributed by atoms with Crippen LogP contribution in [0.4, 0.5) is 0 Å². The number of rotatable bonds is 3. The largest absolute Gasteiger partial charge is 0.390 e. The molecule has 0 atom stereocenters. The molecule has 2 rings (SSSR count). The maximum atomic E-state index is 12.0. The maximum absolute atomic E-state index is 12.0. The second-order valence-corrected chi connectivity index (χ2v) is 6.58. The molecule has 0 aromatic heterocycles. The van der Waals surface area contributed by atoms with Crippen molar-refractivity contribution in [1.82, 2.24) is 4.72 Å². The zero-order valence-corrected chi connectivity index (χ0v) is 10.7. The minimum absolute atomic E-state index is 0.0769. The van der Waals surface area contributed by atoms with E-state index in [1.54, 1.807) is 13.0 Å². The molecule has 1 saturated carbocycles. The lowest BCUT2D eigenvalue weighted by Crippen LogP contribution is -2.53. The van der Waals surface area contributed by atoms with E-state index in [-0.39, 0.29) is 10.9 Å². The van der Waals surface area contributed by atoms with Gasteiger partial charge in [0.2, 0.25) is 10.0 Å². The minimum atomic E-state index is -3.62. The Hall–Kier alpha value is -1.42. The van der Waals surface area contributed by atoms with Crippen LogP contribution in [0.2, 0.25) is 0 Å². The number of nitriles is 1. The Morgan fingerprint density at radius 1 is 1.50 bits per heavy atom. The van der Waals surface area contributed by atoms with Gasteiger partial charge in [-0.3, -0.25) is 0 Å². The van der Waals surface area contributed by atoms with Gasteiger partial charge in [-0.25, -0.2) is 13.1 Å². The first-order valence-electron chi connectivity index (χ1n) is 5.57. The van der Waals surface area contributed by atoms with Gasteiger partial charge in [0.25, 0.3) is 0 Å². The van der Waals surface area contributed by atoms with Crippen LogP contribution in [0.15, 0.2) is 29.2 Å². The predicted octanol–water partition coefficient (Wildman–Crippen LogP) is 0.750. The highest BCUT2D eigenvalue weighted by Crippen LogP contribution is 2.32. The molecule has 6 heteroatoms. The van der Waals surface area contributed by atoms with Crippen molar-refractivity contribution in [2.45, 2.75) is 36.3 Å². The van der Waals surface area contributed by atoms with Gasteiger partial charge in [0.15, 0.2) is 0 Å². The van der Waals surface area contributed by atoms with Gasteiger partial charge in [0.05, 0.1) is 22.1 Å². The lowest BCUT2D eigenvalue weighted by molar-refractivity contribution is -0.0329. The molecule has 96 valence electrons. The third kappa shape index (κ3) is 2.70. The fraction of sp³-hybridized carbons (Fsp3) is 0.417. The molecule has 0 aliphatic heterocycles. The standard InChI is InChI=1S/C12H14N2O3S/c1-12(15)6-10(7-12)14-18(16,17)11-4-2-3-9(5-11)8-13/h2-5,10,14-15H,6-7H2,1H3. The summed E-state index contributed by atoms with van der Waals surface area (Å²) in [4.78, 5) is 0.0769. The highest BCUT2D eigenvalue weighted by molar-refractivity contribution is 7.89. The second-order valence-electron chi connectivity index (χ2n) is 4.86. The molecule has 1 aliphatic carbocycles. The molecule has 1 fully saturated rings. The fourth-order valence-corrected chi connectivity index (χ4v) is 3.39. The molecule has 18 heavy (non-hydrogen) atoms. The highest BCUT2D eigenvalue weighted by Gasteiger charge is 2.40. The maximum Gasteiger partial charge on any atom is 0.240 e. The SMILES string of the molecule is CC1(O)CC(NS(=O)(=O)c2cccc(C#N)c2)C1. The number of hydrogen-bond donors (Lipinski definition) is 2. The van der Waals surface area contributed by atoms with Gasteiger partial charge in [-0.2, -0.15) is 5.26 Å². The topological polar surface area (TPSA) is 90.2 Å². The van der Waals surface area contributed by atoms with Crippen molar-refractivity contribution in [2.75, 3.05) is 0 Å². The van der Waals surface area contributed by atoms with Gasteiger partial charge in [0, 0.05) is 6.04 Å². The molecule has 2 N–H and O–H groups in total. The smallest absolute Gasteiger partial charge is 0.240 e. The molecule has 0 saturated heterocycles. The highest BCUT2D eigenvalue weighted by atomic mass is 32.2. The molecule has 1 aromatic rings. The average molecular weight is 266 g/mol. The summed E-state index contributed by atoms with van der Waals surface area (Å²) in [6, 6.07) is 7.52. The van der Waals surface area contributed by atoms with Crippen LogP contribution in [0, 0.1) is 11.3 Å². The molecule has 5 nitrogen and oxygen atoms in total. The van der Waals surface area contributed by atoms with Crippen LogP contribution >= 0.6 is 0 Å². The third-order valence-electron chi connectivity index (χ3n) is 2.97. The van der Waals surface area contributed by atoms with Crippen molar-refractivity contribution in [3.05, 3.63) is 29.8 Å². The molecular formula is C12H14N2O3S. The van der Waals surface area contributed by atoms with Gasteiger partial charge in [0.1, 0.15) is 0 Å². The summed E-state index contributed by atoms with van der Waals surface area (Å²) in [5, 5.41) is 18.3. The Balaban J connectivity index is 2.14. The summed E-state index contributed by atoms with van der Waals surface area (Å²) in [7, 11) is -3.62. The van der Waals surface area contributed by atoms with Crippen LogP contribution in [0.3, 0.4) is 0 Å². The van der Waals surface area contributed by atoms with Crippen molar-refractivity contribution in [1.29, 1.82) is 5.26 Å². The second kappa shape index (κ2) is 4.35. The Kier molecular flexibility index (Phi) is 3.15. The number of benzene rings is 1. The summed E-state index contributed by atoms with van der Waals surface area (Å²) in [5.74, 6) is 0. The first-order chi connectivity index (χ1) is 8.32. The number of hydrogen-bond acceptors (Lipinski definition) is 4. The molecule has 0 radical (unpaired) electrons. The van der Waals surface area contributed by atoms with Crippen LogP contribution < -0.4 is 4.72 Å². The first-order valence-corrected chi connectivity index (χ1v) is 7.06. The van der Waals surface area contributed by atoms with Gasteiger partial charge < -0.3 is 5.11 Å². The van der Waals surface area contributed by atoms with Crippen molar-refractivity contribution in [3.63, 3.8) is 0 Å². The monoisotopic (exact) mass is 266 g/mol. The van der Waals surface area contributed by atoms with E-state index >= 15 is 0 Å². The number of nitrogens with zero attached hydrogens (tertiary/aromatic N) is 1. The number of nitrogens with one attached hydrogen (secondary N) is 1. The molecule has 0 spiro atoms. The lowest BCUT2D eigenvalue weighted by Gasteiger charge is -2.40. The molecular weight excluding hydrogens is 252 g/mol. The van der Waals surface area contributed by atoms with Gasteiger partial charge in [-0.15, -0.1) is 0 Å². The van der Waals surface area contributed by atoms with Crippen molar-refractivity contribution in [3.8, 4) is 6.07 Å².